The Morgan fingerprint density at radius 1 is 1.21 bits per heavy atom. The van der Waals surface area contributed by atoms with E-state index in [0.717, 1.165) is 16.8 Å². The van der Waals surface area contributed by atoms with Gasteiger partial charge >= 0.3 is 0 Å². The first-order valence-corrected chi connectivity index (χ1v) is 8.40. The minimum atomic E-state index is -0.285. The number of H-pyrrole nitrogens is 1. The van der Waals surface area contributed by atoms with Crippen LogP contribution in [0.5, 0.6) is 0 Å². The van der Waals surface area contributed by atoms with Crippen molar-refractivity contribution in [1.29, 1.82) is 0 Å². The molecular weight excluding hydrogens is 324 g/mol. The number of halogens is 1. The molecule has 1 atom stereocenters. The highest BCUT2D eigenvalue weighted by Crippen LogP contribution is 2.26. The predicted octanol–water partition coefficient (Wildman–Crippen LogP) is 3.70. The topological polar surface area (TPSA) is 62.0 Å². The summed E-state index contributed by atoms with van der Waals surface area (Å²) in [7, 11) is 0. The van der Waals surface area contributed by atoms with Gasteiger partial charge in [0, 0.05) is 22.8 Å². The summed E-state index contributed by atoms with van der Waals surface area (Å²) in [5, 5.41) is 3.54. The van der Waals surface area contributed by atoms with E-state index in [1.54, 1.807) is 12.1 Å². The van der Waals surface area contributed by atoms with Gasteiger partial charge in [0.15, 0.2) is 0 Å². The number of aromatic nitrogens is 1. The fraction of sp³-hybridized carbons (Fsp3) is 0.368. The van der Waals surface area contributed by atoms with Crippen LogP contribution < -0.4 is 10.9 Å². The summed E-state index contributed by atoms with van der Waals surface area (Å²) in [5.41, 5.74) is 3.05. The van der Waals surface area contributed by atoms with E-state index in [9.17, 15) is 9.59 Å². The molecule has 0 saturated carbocycles. The maximum Gasteiger partial charge on any atom is 0.253 e. The van der Waals surface area contributed by atoms with Crippen LogP contribution in [0.3, 0.4) is 0 Å². The number of aromatic amines is 1. The molecule has 1 amide bonds. The zero-order valence-corrected chi connectivity index (χ0v) is 15.2. The van der Waals surface area contributed by atoms with Crippen LogP contribution in [0, 0.1) is 19.8 Å². The third-order valence-corrected chi connectivity index (χ3v) is 4.36. The third kappa shape index (κ3) is 4.26. The summed E-state index contributed by atoms with van der Waals surface area (Å²) in [4.78, 5) is 27.5. The summed E-state index contributed by atoms with van der Waals surface area (Å²) in [6, 6.07) is 9.22. The van der Waals surface area contributed by atoms with Crippen molar-refractivity contribution in [1.82, 2.24) is 10.3 Å². The first kappa shape index (κ1) is 18.3. The zero-order valence-electron chi connectivity index (χ0n) is 14.4. The summed E-state index contributed by atoms with van der Waals surface area (Å²) in [5.74, 6) is -0.248. The van der Waals surface area contributed by atoms with E-state index >= 15 is 0 Å². The number of carbonyl (C=O) groups is 1. The average Bonchev–Trinajstić information content (AvgIpc) is 2.48. The molecule has 0 saturated heterocycles. The van der Waals surface area contributed by atoms with Gasteiger partial charge in [0.1, 0.15) is 0 Å². The molecule has 0 aliphatic rings. The number of hydrogen-bond donors (Lipinski definition) is 2. The monoisotopic (exact) mass is 346 g/mol. The highest BCUT2D eigenvalue weighted by Gasteiger charge is 2.24. The maximum absolute atomic E-state index is 12.7. The van der Waals surface area contributed by atoms with Gasteiger partial charge in [-0.3, -0.25) is 9.59 Å². The van der Waals surface area contributed by atoms with E-state index < -0.39 is 0 Å². The van der Waals surface area contributed by atoms with Crippen molar-refractivity contribution < 1.29 is 4.79 Å². The van der Waals surface area contributed by atoms with Crippen LogP contribution in [0.25, 0.3) is 0 Å². The lowest BCUT2D eigenvalue weighted by atomic mass is 9.87. The molecule has 0 spiro atoms. The van der Waals surface area contributed by atoms with E-state index in [1.807, 2.05) is 45.9 Å². The van der Waals surface area contributed by atoms with Crippen LogP contribution in [0.15, 0.2) is 35.1 Å². The minimum Gasteiger partial charge on any atom is -0.351 e. The molecule has 128 valence electrons. The van der Waals surface area contributed by atoms with E-state index in [4.69, 9.17) is 11.6 Å². The highest BCUT2D eigenvalue weighted by atomic mass is 35.5. The third-order valence-electron chi connectivity index (χ3n) is 4.11. The largest absolute Gasteiger partial charge is 0.351 e. The smallest absolute Gasteiger partial charge is 0.253 e. The van der Waals surface area contributed by atoms with Gasteiger partial charge in [0.25, 0.3) is 5.56 Å². The molecule has 2 N–H and O–H groups in total. The normalized spacial score (nSPS) is 12.2. The number of amides is 1. The van der Waals surface area contributed by atoms with Gasteiger partial charge in [-0.25, -0.2) is 0 Å². The lowest BCUT2D eigenvalue weighted by molar-refractivity contribution is -0.123. The first-order chi connectivity index (χ1) is 11.3. The molecule has 0 bridgehead atoms. The fourth-order valence-corrected chi connectivity index (χ4v) is 3.02. The van der Waals surface area contributed by atoms with Gasteiger partial charge in [0.2, 0.25) is 5.91 Å². The van der Waals surface area contributed by atoms with Gasteiger partial charge in [-0.05, 0) is 49.1 Å². The Morgan fingerprint density at radius 3 is 2.38 bits per heavy atom. The molecule has 1 heterocycles. The van der Waals surface area contributed by atoms with E-state index in [0.29, 0.717) is 10.6 Å². The van der Waals surface area contributed by atoms with E-state index in [2.05, 4.69) is 10.3 Å². The Bertz CT molecular complexity index is 779. The van der Waals surface area contributed by atoms with Crippen molar-refractivity contribution in [2.45, 2.75) is 40.2 Å². The van der Waals surface area contributed by atoms with Crippen molar-refractivity contribution in [3.8, 4) is 0 Å². The van der Waals surface area contributed by atoms with Crippen molar-refractivity contribution in [2.24, 2.45) is 5.92 Å². The number of pyridine rings is 1. The number of rotatable bonds is 5. The second-order valence-corrected chi connectivity index (χ2v) is 6.87. The molecule has 0 radical (unpaired) electrons. The van der Waals surface area contributed by atoms with Crippen LogP contribution in [-0.2, 0) is 11.3 Å². The van der Waals surface area contributed by atoms with Crippen LogP contribution >= 0.6 is 11.6 Å². The lowest BCUT2D eigenvalue weighted by Crippen LogP contribution is -2.33. The van der Waals surface area contributed by atoms with Crippen molar-refractivity contribution in [3.63, 3.8) is 0 Å². The quantitative estimate of drug-likeness (QED) is 0.867. The lowest BCUT2D eigenvalue weighted by Gasteiger charge is -2.21. The molecule has 2 rings (SSSR count). The van der Waals surface area contributed by atoms with Crippen LogP contribution in [0.1, 0.15) is 42.1 Å². The second-order valence-electron chi connectivity index (χ2n) is 6.43. The summed E-state index contributed by atoms with van der Waals surface area (Å²) >= 11 is 5.93. The molecule has 5 heteroatoms. The first-order valence-electron chi connectivity index (χ1n) is 8.02. The van der Waals surface area contributed by atoms with Crippen LogP contribution in [0.4, 0.5) is 0 Å². The Balaban J connectivity index is 2.18. The maximum atomic E-state index is 12.7. The van der Waals surface area contributed by atoms with Crippen molar-refractivity contribution in [2.75, 3.05) is 0 Å². The predicted molar refractivity (Wildman–Crippen MR) is 97.4 cm³/mol. The molecule has 0 unspecified atom stereocenters. The number of aryl methyl sites for hydroxylation is 2. The molecule has 0 aliphatic heterocycles. The molecule has 0 fully saturated rings. The Hall–Kier alpha value is -2.07. The molecule has 1 aromatic heterocycles. The Morgan fingerprint density at radius 2 is 1.83 bits per heavy atom. The number of benzene rings is 1. The number of hydrogen-bond acceptors (Lipinski definition) is 2. The van der Waals surface area contributed by atoms with Crippen molar-refractivity contribution >= 4 is 17.5 Å². The summed E-state index contributed by atoms with van der Waals surface area (Å²) in [6.07, 6.45) is 0. The fourth-order valence-electron chi connectivity index (χ4n) is 2.90. The Kier molecular flexibility index (Phi) is 5.84. The second kappa shape index (κ2) is 7.67. The van der Waals surface area contributed by atoms with Crippen LogP contribution in [-0.4, -0.2) is 10.9 Å². The highest BCUT2D eigenvalue weighted by molar-refractivity contribution is 6.30. The number of nitrogens with one attached hydrogen (secondary N) is 2. The zero-order chi connectivity index (χ0) is 17.9. The molecule has 4 nitrogen and oxygen atoms in total. The Labute approximate surface area is 147 Å². The van der Waals surface area contributed by atoms with Gasteiger partial charge < -0.3 is 10.3 Å². The summed E-state index contributed by atoms with van der Waals surface area (Å²) < 4.78 is 0. The van der Waals surface area contributed by atoms with E-state index in [-0.39, 0.29) is 29.8 Å². The van der Waals surface area contributed by atoms with Crippen molar-refractivity contribution in [3.05, 3.63) is 68.1 Å². The molecule has 2 aromatic rings. The van der Waals surface area contributed by atoms with Gasteiger partial charge in [-0.15, -0.1) is 0 Å². The van der Waals surface area contributed by atoms with Gasteiger partial charge in [-0.1, -0.05) is 37.6 Å². The number of carbonyl (C=O) groups excluding carboxylic acids is 1. The summed E-state index contributed by atoms with van der Waals surface area (Å²) in [6.45, 7) is 7.94. The molecular formula is C19H23ClN2O2. The average molecular weight is 347 g/mol. The van der Waals surface area contributed by atoms with E-state index in [1.165, 1.54) is 0 Å². The molecule has 0 aliphatic carbocycles. The minimum absolute atomic E-state index is 0.0910. The standard InChI is InChI=1S/C19H23ClN2O2/c1-11(2)17(14-5-7-15(20)8-6-14)19(24)21-10-16-12(3)9-13(4)22-18(16)23/h5-9,11,17H,10H2,1-4H3,(H,21,24)(H,22,23)/t17-/m0/s1. The van der Waals surface area contributed by atoms with Crippen LogP contribution in [0.2, 0.25) is 5.02 Å². The molecule has 24 heavy (non-hydrogen) atoms. The SMILES string of the molecule is Cc1cc(C)c(CNC(=O)[C@H](c2ccc(Cl)cc2)C(C)C)c(=O)[nH]1. The van der Waals surface area contributed by atoms with Gasteiger partial charge in [0.05, 0.1) is 5.92 Å². The molecule has 1 aromatic carbocycles. The van der Waals surface area contributed by atoms with Gasteiger partial charge in [-0.2, -0.15) is 0 Å².